The van der Waals surface area contributed by atoms with Crippen LogP contribution in [-0.2, 0) is 9.84 Å². The topological polar surface area (TPSA) is 106 Å². The number of piperidine rings is 1. The van der Waals surface area contributed by atoms with Crippen molar-refractivity contribution in [1.29, 1.82) is 0 Å². The molecule has 30 heavy (non-hydrogen) atoms. The molecule has 0 bridgehead atoms. The number of aryl methyl sites for hydroxylation is 1. The molecule has 1 saturated heterocycles. The summed E-state index contributed by atoms with van der Waals surface area (Å²) in [5, 5.41) is 0. The Morgan fingerprint density at radius 2 is 2.00 bits per heavy atom. The number of likely N-dealkylation sites (tertiary alicyclic amines) is 1. The predicted molar refractivity (Wildman–Crippen MR) is 113 cm³/mol. The summed E-state index contributed by atoms with van der Waals surface area (Å²) >= 11 is 1.33. The number of thiazole rings is 1. The quantitative estimate of drug-likeness (QED) is 0.610. The summed E-state index contributed by atoms with van der Waals surface area (Å²) in [6.45, 7) is 2.85. The zero-order valence-corrected chi connectivity index (χ0v) is 18.3. The zero-order valence-electron chi connectivity index (χ0n) is 16.6. The molecular formula is C20H21N5O3S2. The summed E-state index contributed by atoms with van der Waals surface area (Å²) in [6, 6.07) is 3.56. The number of amides is 1. The van der Waals surface area contributed by atoms with E-state index in [1.54, 1.807) is 34.9 Å². The Labute approximate surface area is 179 Å². The first-order valence-electron chi connectivity index (χ1n) is 9.51. The van der Waals surface area contributed by atoms with Crippen LogP contribution < -0.4 is 0 Å². The molecule has 8 nitrogen and oxygen atoms in total. The number of nitrogens with zero attached hydrogens (tertiary/aromatic N) is 5. The van der Waals surface area contributed by atoms with E-state index in [0.717, 1.165) is 24.7 Å². The predicted octanol–water partition coefficient (Wildman–Crippen LogP) is 2.73. The Kier molecular flexibility index (Phi) is 5.61. The molecule has 0 aliphatic carbocycles. The van der Waals surface area contributed by atoms with E-state index >= 15 is 0 Å². The lowest BCUT2D eigenvalue weighted by molar-refractivity contribution is 0.0709. The number of rotatable bonds is 4. The van der Waals surface area contributed by atoms with Crippen molar-refractivity contribution in [3.63, 3.8) is 0 Å². The highest BCUT2D eigenvalue weighted by molar-refractivity contribution is 7.90. The molecule has 4 heterocycles. The molecule has 3 aromatic heterocycles. The second-order valence-corrected chi connectivity index (χ2v) is 10.1. The van der Waals surface area contributed by atoms with Crippen molar-refractivity contribution in [2.24, 2.45) is 0 Å². The van der Waals surface area contributed by atoms with E-state index in [9.17, 15) is 13.2 Å². The van der Waals surface area contributed by atoms with Gasteiger partial charge in [-0.3, -0.25) is 9.78 Å². The van der Waals surface area contributed by atoms with Crippen molar-refractivity contribution in [3.8, 4) is 11.4 Å². The van der Waals surface area contributed by atoms with Crippen LogP contribution in [0.4, 0.5) is 0 Å². The van der Waals surface area contributed by atoms with Crippen molar-refractivity contribution >= 4 is 27.1 Å². The monoisotopic (exact) mass is 443 g/mol. The van der Waals surface area contributed by atoms with E-state index in [1.807, 2.05) is 6.92 Å². The van der Waals surface area contributed by atoms with Crippen LogP contribution in [0, 0.1) is 6.92 Å². The van der Waals surface area contributed by atoms with Crippen molar-refractivity contribution < 1.29 is 13.2 Å². The molecule has 0 aromatic carbocycles. The summed E-state index contributed by atoms with van der Waals surface area (Å²) in [6.07, 6.45) is 7.34. The van der Waals surface area contributed by atoms with Gasteiger partial charge in [0, 0.05) is 49.4 Å². The second kappa shape index (κ2) is 8.19. The maximum atomic E-state index is 13.0. The fraction of sp³-hybridized carbons (Fsp3) is 0.350. The molecule has 3 aromatic rings. The Morgan fingerprint density at radius 3 is 2.67 bits per heavy atom. The lowest BCUT2D eigenvalue weighted by atomic mass is 9.94. The molecule has 0 saturated carbocycles. The molecule has 1 amide bonds. The average molecular weight is 444 g/mol. The normalized spacial score (nSPS) is 17.1. The Morgan fingerprint density at radius 1 is 1.23 bits per heavy atom. The number of sulfone groups is 1. The minimum Gasteiger partial charge on any atom is -0.337 e. The van der Waals surface area contributed by atoms with Crippen LogP contribution in [0.1, 0.15) is 39.8 Å². The number of hydrogen-bond donors (Lipinski definition) is 0. The highest BCUT2D eigenvalue weighted by atomic mass is 32.2. The molecule has 10 heteroatoms. The minimum atomic E-state index is -3.52. The first-order chi connectivity index (χ1) is 14.3. The summed E-state index contributed by atoms with van der Waals surface area (Å²) in [7, 11) is -3.52. The molecular weight excluding hydrogens is 422 g/mol. The number of hydrogen-bond acceptors (Lipinski definition) is 8. The highest BCUT2D eigenvalue weighted by Crippen LogP contribution is 2.32. The van der Waals surface area contributed by atoms with Gasteiger partial charge in [0.1, 0.15) is 9.77 Å². The van der Waals surface area contributed by atoms with Gasteiger partial charge in [-0.1, -0.05) is 0 Å². The van der Waals surface area contributed by atoms with Crippen molar-refractivity contribution in [3.05, 3.63) is 52.5 Å². The van der Waals surface area contributed by atoms with Gasteiger partial charge >= 0.3 is 0 Å². The SMILES string of the molecule is Cc1ncsc1C(=O)N1CCC[C@H](c2nc(-c3ccncc3)ncc2S(C)(=O)=O)C1. The maximum absolute atomic E-state index is 13.0. The van der Waals surface area contributed by atoms with Gasteiger partial charge in [-0.25, -0.2) is 23.4 Å². The first kappa shape index (κ1) is 20.5. The standard InChI is InChI=1S/C20H21N5O3S2/c1-13-18(29-12-23-13)20(26)25-9-3-4-15(11-25)17-16(30(2,27)28)10-22-19(24-17)14-5-7-21-8-6-14/h5-8,10,12,15H,3-4,9,11H2,1-2H3/t15-/m0/s1. The lowest BCUT2D eigenvalue weighted by Gasteiger charge is -2.33. The van der Waals surface area contributed by atoms with Gasteiger partial charge in [0.25, 0.3) is 5.91 Å². The zero-order chi connectivity index (χ0) is 21.3. The maximum Gasteiger partial charge on any atom is 0.265 e. The van der Waals surface area contributed by atoms with Crippen LogP contribution in [-0.4, -0.2) is 58.5 Å². The van der Waals surface area contributed by atoms with Gasteiger partial charge in [-0.05, 0) is 31.9 Å². The van der Waals surface area contributed by atoms with E-state index in [1.165, 1.54) is 17.5 Å². The van der Waals surface area contributed by atoms with Crippen LogP contribution in [0.5, 0.6) is 0 Å². The lowest BCUT2D eigenvalue weighted by Crippen LogP contribution is -2.39. The van der Waals surface area contributed by atoms with Gasteiger partial charge in [-0.15, -0.1) is 11.3 Å². The summed E-state index contributed by atoms with van der Waals surface area (Å²) < 4.78 is 24.8. The molecule has 4 rings (SSSR count). The van der Waals surface area contributed by atoms with Crippen LogP contribution in [0.2, 0.25) is 0 Å². The van der Waals surface area contributed by atoms with Crippen LogP contribution >= 0.6 is 11.3 Å². The third kappa shape index (κ3) is 4.10. The van der Waals surface area contributed by atoms with Gasteiger partial charge < -0.3 is 4.90 Å². The number of carbonyl (C=O) groups is 1. The van der Waals surface area contributed by atoms with Gasteiger partial charge in [0.15, 0.2) is 15.7 Å². The van der Waals surface area contributed by atoms with E-state index in [2.05, 4.69) is 19.9 Å². The van der Waals surface area contributed by atoms with Crippen molar-refractivity contribution in [1.82, 2.24) is 24.8 Å². The third-order valence-electron chi connectivity index (χ3n) is 5.16. The number of pyridine rings is 1. The minimum absolute atomic E-state index is 0.0657. The summed E-state index contributed by atoms with van der Waals surface area (Å²) in [5.41, 5.74) is 3.61. The molecule has 0 radical (unpaired) electrons. The van der Waals surface area contributed by atoms with Crippen LogP contribution in [0.15, 0.2) is 41.1 Å². The van der Waals surface area contributed by atoms with E-state index in [-0.39, 0.29) is 16.7 Å². The second-order valence-electron chi connectivity index (χ2n) is 7.31. The molecule has 0 N–H and O–H groups in total. The van der Waals surface area contributed by atoms with Crippen molar-refractivity contribution in [2.45, 2.75) is 30.6 Å². The highest BCUT2D eigenvalue weighted by Gasteiger charge is 2.31. The smallest absolute Gasteiger partial charge is 0.265 e. The summed E-state index contributed by atoms with van der Waals surface area (Å²) in [4.78, 5) is 32.6. The number of carbonyl (C=O) groups excluding carboxylic acids is 1. The molecule has 0 spiro atoms. The fourth-order valence-electron chi connectivity index (χ4n) is 3.64. The fourth-order valence-corrected chi connectivity index (χ4v) is 5.24. The molecule has 1 aliphatic rings. The van der Waals surface area contributed by atoms with E-state index < -0.39 is 9.84 Å². The molecule has 1 atom stereocenters. The third-order valence-corrected chi connectivity index (χ3v) is 7.19. The average Bonchev–Trinajstić information content (AvgIpc) is 3.18. The van der Waals surface area contributed by atoms with Crippen LogP contribution in [0.3, 0.4) is 0 Å². The van der Waals surface area contributed by atoms with E-state index in [4.69, 9.17) is 0 Å². The first-order valence-corrected chi connectivity index (χ1v) is 12.3. The van der Waals surface area contributed by atoms with Crippen molar-refractivity contribution in [2.75, 3.05) is 19.3 Å². The van der Waals surface area contributed by atoms with E-state index in [0.29, 0.717) is 35.2 Å². The molecule has 156 valence electrons. The van der Waals surface area contributed by atoms with Gasteiger partial charge in [0.05, 0.1) is 16.9 Å². The number of aromatic nitrogens is 4. The Bertz CT molecular complexity index is 1180. The largest absolute Gasteiger partial charge is 0.337 e. The Hall–Kier alpha value is -2.72. The van der Waals surface area contributed by atoms with Gasteiger partial charge in [-0.2, -0.15) is 0 Å². The summed E-state index contributed by atoms with van der Waals surface area (Å²) in [5.74, 6) is 0.190. The molecule has 0 unspecified atom stereocenters. The van der Waals surface area contributed by atoms with Gasteiger partial charge in [0.2, 0.25) is 0 Å². The molecule has 1 fully saturated rings. The molecule has 1 aliphatic heterocycles. The Balaban J connectivity index is 1.71. The van der Waals surface area contributed by atoms with Crippen LogP contribution in [0.25, 0.3) is 11.4 Å².